The predicted octanol–water partition coefficient (Wildman–Crippen LogP) is -0.634. The maximum absolute atomic E-state index is 12.4. The predicted molar refractivity (Wildman–Crippen MR) is 64.9 cm³/mol. The van der Waals surface area contributed by atoms with Crippen molar-refractivity contribution in [2.24, 2.45) is 7.05 Å². The number of amides is 1. The number of aromatic carboxylic acids is 1. The highest BCUT2D eigenvalue weighted by atomic mass is 16.4. The van der Waals surface area contributed by atoms with E-state index in [1.165, 1.54) is 17.9 Å². The van der Waals surface area contributed by atoms with Gasteiger partial charge in [-0.2, -0.15) is 5.10 Å². The molecule has 104 valence electrons. The van der Waals surface area contributed by atoms with E-state index in [0.717, 1.165) is 0 Å². The Morgan fingerprint density at radius 2 is 2.15 bits per heavy atom. The van der Waals surface area contributed by atoms with Gasteiger partial charge in [-0.15, -0.1) is 10.2 Å². The maximum atomic E-state index is 12.4. The van der Waals surface area contributed by atoms with Crippen molar-refractivity contribution >= 4 is 11.9 Å². The highest BCUT2D eigenvalue weighted by molar-refractivity contribution is 6.03. The number of fused-ring (bicyclic) bond motifs is 1. The van der Waals surface area contributed by atoms with Gasteiger partial charge in [-0.05, 0) is 0 Å². The topological polar surface area (TPSA) is 106 Å². The second kappa shape index (κ2) is 4.44. The minimum absolute atomic E-state index is 0.0907. The number of aromatic nitrogens is 5. The van der Waals surface area contributed by atoms with Gasteiger partial charge < -0.3 is 14.6 Å². The number of carbonyl (C=O) groups excluding carboxylic acids is 1. The molecule has 1 aliphatic heterocycles. The fraction of sp³-hybridized carbons (Fsp3) is 0.364. The van der Waals surface area contributed by atoms with Crippen LogP contribution in [0.4, 0.5) is 0 Å². The minimum atomic E-state index is -1.17. The fourth-order valence-electron chi connectivity index (χ4n) is 2.26. The second-order valence-corrected chi connectivity index (χ2v) is 4.50. The molecule has 0 aromatic carbocycles. The molecule has 2 aromatic heterocycles. The van der Waals surface area contributed by atoms with Gasteiger partial charge in [0, 0.05) is 20.1 Å². The van der Waals surface area contributed by atoms with Crippen LogP contribution < -0.4 is 0 Å². The van der Waals surface area contributed by atoms with Gasteiger partial charge in [0.25, 0.3) is 5.91 Å². The summed E-state index contributed by atoms with van der Waals surface area (Å²) in [6.07, 6.45) is 2.90. The third-order valence-corrected chi connectivity index (χ3v) is 3.30. The molecule has 0 unspecified atom stereocenters. The number of aryl methyl sites for hydroxylation is 1. The third-order valence-electron chi connectivity index (χ3n) is 3.30. The minimum Gasteiger partial charge on any atom is -0.477 e. The van der Waals surface area contributed by atoms with E-state index in [1.54, 1.807) is 11.2 Å². The van der Waals surface area contributed by atoms with Gasteiger partial charge in [-0.3, -0.25) is 9.48 Å². The van der Waals surface area contributed by atoms with E-state index in [9.17, 15) is 9.59 Å². The van der Waals surface area contributed by atoms with Gasteiger partial charge in [-0.25, -0.2) is 4.79 Å². The molecule has 1 N–H and O–H groups in total. The van der Waals surface area contributed by atoms with Gasteiger partial charge >= 0.3 is 5.97 Å². The molecule has 9 heteroatoms. The molecular weight excluding hydrogens is 264 g/mol. The first kappa shape index (κ1) is 12.3. The largest absolute Gasteiger partial charge is 0.477 e. The smallest absolute Gasteiger partial charge is 0.354 e. The van der Waals surface area contributed by atoms with Crippen LogP contribution in [0.1, 0.15) is 26.7 Å². The lowest BCUT2D eigenvalue weighted by Gasteiger charge is -2.26. The molecule has 0 atom stereocenters. The Balaban J connectivity index is 1.89. The summed E-state index contributed by atoms with van der Waals surface area (Å²) in [4.78, 5) is 25.2. The van der Waals surface area contributed by atoms with Crippen LogP contribution in [0.3, 0.4) is 0 Å². The van der Waals surface area contributed by atoms with Crippen molar-refractivity contribution in [3.05, 3.63) is 29.6 Å². The average molecular weight is 276 g/mol. The van der Waals surface area contributed by atoms with Crippen molar-refractivity contribution < 1.29 is 14.7 Å². The molecule has 0 saturated carbocycles. The van der Waals surface area contributed by atoms with E-state index in [-0.39, 0.29) is 17.2 Å². The number of nitrogens with zero attached hydrogens (tertiary/aromatic N) is 6. The van der Waals surface area contributed by atoms with Crippen LogP contribution in [0.5, 0.6) is 0 Å². The lowest BCUT2D eigenvalue weighted by molar-refractivity contribution is 0.0652. The molecule has 1 amide bonds. The number of hydrogen-bond donors (Lipinski definition) is 1. The lowest BCUT2D eigenvalue weighted by Crippen LogP contribution is -2.38. The molecule has 1 aliphatic rings. The summed E-state index contributed by atoms with van der Waals surface area (Å²) in [6, 6.07) is 0. The standard InChI is InChI=1S/C11H12N6O3/c1-15-9(11(19)20)7(4-13-15)10(18)16-2-3-17-6-12-14-8(17)5-16/h4,6H,2-3,5H2,1H3,(H,19,20). The van der Waals surface area contributed by atoms with Crippen LogP contribution in [-0.2, 0) is 20.1 Å². The first-order chi connectivity index (χ1) is 9.58. The zero-order valence-corrected chi connectivity index (χ0v) is 10.7. The second-order valence-electron chi connectivity index (χ2n) is 4.50. The van der Waals surface area contributed by atoms with Crippen LogP contribution in [-0.4, -0.2) is 53.0 Å². The molecular formula is C11H12N6O3. The Morgan fingerprint density at radius 1 is 1.35 bits per heavy atom. The van der Waals surface area contributed by atoms with Gasteiger partial charge in [0.15, 0.2) is 11.5 Å². The van der Waals surface area contributed by atoms with Gasteiger partial charge in [0.2, 0.25) is 0 Å². The summed E-state index contributed by atoms with van der Waals surface area (Å²) in [5.41, 5.74) is -0.0185. The molecule has 3 rings (SSSR count). The Kier molecular flexibility index (Phi) is 2.74. The zero-order chi connectivity index (χ0) is 14.3. The van der Waals surface area contributed by atoms with E-state index < -0.39 is 5.97 Å². The van der Waals surface area contributed by atoms with Gasteiger partial charge in [-0.1, -0.05) is 0 Å². The van der Waals surface area contributed by atoms with Crippen LogP contribution in [0, 0.1) is 0 Å². The molecule has 0 bridgehead atoms. The molecule has 0 radical (unpaired) electrons. The molecule has 0 aliphatic carbocycles. The number of rotatable bonds is 2. The Hall–Kier alpha value is -2.71. The van der Waals surface area contributed by atoms with Crippen molar-refractivity contribution in [3.63, 3.8) is 0 Å². The van der Waals surface area contributed by atoms with Gasteiger partial charge in [0.05, 0.1) is 18.3 Å². The first-order valence-electron chi connectivity index (χ1n) is 5.99. The number of carbonyl (C=O) groups is 2. The Morgan fingerprint density at radius 3 is 2.90 bits per heavy atom. The summed E-state index contributed by atoms with van der Waals surface area (Å²) in [7, 11) is 1.49. The maximum Gasteiger partial charge on any atom is 0.354 e. The molecule has 2 aromatic rings. The van der Waals surface area contributed by atoms with Gasteiger partial charge in [0.1, 0.15) is 6.33 Å². The third kappa shape index (κ3) is 1.83. The highest BCUT2D eigenvalue weighted by Gasteiger charge is 2.28. The van der Waals surface area contributed by atoms with E-state index >= 15 is 0 Å². The monoisotopic (exact) mass is 276 g/mol. The summed E-state index contributed by atoms with van der Waals surface area (Å²) in [6.45, 7) is 1.39. The molecule has 9 nitrogen and oxygen atoms in total. The quantitative estimate of drug-likeness (QED) is 0.782. The first-order valence-corrected chi connectivity index (χ1v) is 5.99. The summed E-state index contributed by atoms with van der Waals surface area (Å²) in [5.74, 6) is -0.844. The van der Waals surface area contributed by atoms with Crippen molar-refractivity contribution in [2.45, 2.75) is 13.1 Å². The van der Waals surface area contributed by atoms with Crippen LogP contribution in [0.2, 0.25) is 0 Å². The molecule has 0 saturated heterocycles. The SMILES string of the molecule is Cn1ncc(C(=O)N2CCn3cnnc3C2)c1C(=O)O. The normalized spacial score (nSPS) is 14.2. The molecule has 0 spiro atoms. The number of hydrogen-bond acceptors (Lipinski definition) is 5. The Labute approximate surface area is 113 Å². The molecule has 3 heterocycles. The van der Waals surface area contributed by atoms with E-state index in [0.29, 0.717) is 25.5 Å². The van der Waals surface area contributed by atoms with Crippen LogP contribution in [0.15, 0.2) is 12.5 Å². The number of carboxylic acids is 1. The highest BCUT2D eigenvalue weighted by Crippen LogP contribution is 2.16. The van der Waals surface area contributed by atoms with E-state index in [1.807, 2.05) is 4.57 Å². The van der Waals surface area contributed by atoms with Crippen molar-refractivity contribution in [2.75, 3.05) is 6.54 Å². The summed E-state index contributed by atoms with van der Waals surface area (Å²) < 4.78 is 3.05. The van der Waals surface area contributed by atoms with Crippen LogP contribution in [0.25, 0.3) is 0 Å². The van der Waals surface area contributed by atoms with Crippen molar-refractivity contribution in [3.8, 4) is 0 Å². The van der Waals surface area contributed by atoms with E-state index in [4.69, 9.17) is 5.11 Å². The molecule has 0 fully saturated rings. The van der Waals surface area contributed by atoms with E-state index in [2.05, 4.69) is 15.3 Å². The lowest BCUT2D eigenvalue weighted by atomic mass is 10.2. The molecule has 20 heavy (non-hydrogen) atoms. The van der Waals surface area contributed by atoms with Crippen LogP contribution >= 0.6 is 0 Å². The summed E-state index contributed by atoms with van der Waals surface area (Å²) in [5, 5.41) is 20.7. The summed E-state index contributed by atoms with van der Waals surface area (Å²) >= 11 is 0. The van der Waals surface area contributed by atoms with Crippen molar-refractivity contribution in [1.29, 1.82) is 0 Å². The average Bonchev–Trinajstić information content (AvgIpc) is 3.02. The number of carboxylic acid groups (broad SMARTS) is 1. The Bertz CT molecular complexity index is 688. The van der Waals surface area contributed by atoms with Crippen molar-refractivity contribution in [1.82, 2.24) is 29.4 Å². The zero-order valence-electron chi connectivity index (χ0n) is 10.7. The fourth-order valence-corrected chi connectivity index (χ4v) is 2.26.